The predicted octanol–water partition coefficient (Wildman–Crippen LogP) is 4.00. The van der Waals surface area contributed by atoms with E-state index in [0.717, 1.165) is 27.8 Å². The largest absolute Gasteiger partial charge is 0.444 e. The lowest BCUT2D eigenvalue weighted by Crippen LogP contribution is -2.48. The Labute approximate surface area is 247 Å². The van der Waals surface area contributed by atoms with Gasteiger partial charge in [0.2, 0.25) is 5.91 Å². The quantitative estimate of drug-likeness (QED) is 0.236. The van der Waals surface area contributed by atoms with E-state index in [0.29, 0.717) is 19.3 Å². The van der Waals surface area contributed by atoms with Crippen molar-refractivity contribution >= 4 is 12.0 Å². The van der Waals surface area contributed by atoms with Crippen LogP contribution in [0.3, 0.4) is 0 Å². The summed E-state index contributed by atoms with van der Waals surface area (Å²) in [5, 5.41) is 37.6. The third-order valence-electron chi connectivity index (χ3n) is 7.55. The molecule has 0 spiro atoms. The Morgan fingerprint density at radius 1 is 0.905 bits per heavy atom. The number of hydrogen-bond acceptors (Lipinski definition) is 6. The fraction of sp³-hybridized carbons (Fsp3) is 0.412. The van der Waals surface area contributed by atoms with Gasteiger partial charge in [0, 0.05) is 12.3 Å². The molecule has 3 aromatic carbocycles. The molecule has 0 bridgehead atoms. The number of rotatable bonds is 11. The van der Waals surface area contributed by atoms with Crippen LogP contribution in [0.4, 0.5) is 4.79 Å². The standard InChI is InChI=1S/C34H42N2O6/c1-34(2,3)42-33(41)35-28(18-22-9-5-4-6-10-22)29(38)20-26(17-23-13-15-24(21-37)16-14-23)32(40)36-31-27-12-8-7-11-25(27)19-30(31)39/h4-16,26,28-31,37-39H,17-21H2,1-3H3,(H,35,41)(H,36,40)/t26-,28-,29-,30+,31-/m0/s1. The molecule has 0 saturated carbocycles. The maximum atomic E-state index is 13.8. The van der Waals surface area contributed by atoms with Crippen molar-refractivity contribution in [3.8, 4) is 0 Å². The van der Waals surface area contributed by atoms with Crippen LogP contribution in [0.5, 0.6) is 0 Å². The van der Waals surface area contributed by atoms with Gasteiger partial charge in [-0.15, -0.1) is 0 Å². The first-order valence-corrected chi connectivity index (χ1v) is 14.5. The summed E-state index contributed by atoms with van der Waals surface area (Å²) >= 11 is 0. The van der Waals surface area contributed by atoms with Gasteiger partial charge in [0.05, 0.1) is 30.9 Å². The Morgan fingerprint density at radius 3 is 2.19 bits per heavy atom. The van der Waals surface area contributed by atoms with Gasteiger partial charge in [-0.2, -0.15) is 0 Å². The van der Waals surface area contributed by atoms with Crippen molar-refractivity contribution in [2.75, 3.05) is 0 Å². The average Bonchev–Trinajstić information content (AvgIpc) is 3.26. The summed E-state index contributed by atoms with van der Waals surface area (Å²) in [4.78, 5) is 26.6. The fourth-order valence-corrected chi connectivity index (χ4v) is 5.43. The molecule has 224 valence electrons. The van der Waals surface area contributed by atoms with E-state index >= 15 is 0 Å². The summed E-state index contributed by atoms with van der Waals surface area (Å²) in [7, 11) is 0. The molecule has 4 rings (SSSR count). The Hall–Kier alpha value is -3.72. The van der Waals surface area contributed by atoms with E-state index in [4.69, 9.17) is 4.74 Å². The van der Waals surface area contributed by atoms with Gasteiger partial charge in [-0.1, -0.05) is 78.9 Å². The van der Waals surface area contributed by atoms with Crippen LogP contribution < -0.4 is 10.6 Å². The Balaban J connectivity index is 1.56. The lowest BCUT2D eigenvalue weighted by Gasteiger charge is -2.29. The lowest BCUT2D eigenvalue weighted by atomic mass is 9.88. The van der Waals surface area contributed by atoms with E-state index in [1.807, 2.05) is 66.7 Å². The molecule has 0 heterocycles. The maximum absolute atomic E-state index is 13.8. The summed E-state index contributed by atoms with van der Waals surface area (Å²) in [6, 6.07) is 23.2. The zero-order valence-corrected chi connectivity index (χ0v) is 24.5. The van der Waals surface area contributed by atoms with Crippen molar-refractivity contribution in [1.29, 1.82) is 0 Å². The number of amides is 2. The summed E-state index contributed by atoms with van der Waals surface area (Å²) in [5.74, 6) is -0.963. The predicted molar refractivity (Wildman–Crippen MR) is 161 cm³/mol. The third kappa shape index (κ3) is 8.64. The van der Waals surface area contributed by atoms with Crippen LogP contribution in [0.25, 0.3) is 0 Å². The summed E-state index contributed by atoms with van der Waals surface area (Å²) < 4.78 is 5.47. The van der Waals surface area contributed by atoms with Crippen molar-refractivity contribution in [3.05, 3.63) is 107 Å². The number of aliphatic hydroxyl groups is 3. The van der Waals surface area contributed by atoms with Crippen molar-refractivity contribution in [3.63, 3.8) is 0 Å². The van der Waals surface area contributed by atoms with Crippen molar-refractivity contribution in [2.24, 2.45) is 5.92 Å². The van der Waals surface area contributed by atoms with Crippen LogP contribution in [0.2, 0.25) is 0 Å². The van der Waals surface area contributed by atoms with Crippen molar-refractivity contribution in [2.45, 2.75) is 83.0 Å². The number of carbonyl (C=O) groups excluding carboxylic acids is 2. The van der Waals surface area contributed by atoms with Crippen LogP contribution in [-0.2, 0) is 35.4 Å². The smallest absolute Gasteiger partial charge is 0.407 e. The maximum Gasteiger partial charge on any atom is 0.407 e. The molecule has 5 atom stereocenters. The molecule has 8 heteroatoms. The number of fused-ring (bicyclic) bond motifs is 1. The molecule has 2 amide bonds. The highest BCUT2D eigenvalue weighted by Gasteiger charge is 2.35. The minimum atomic E-state index is -1.08. The first kappa shape index (κ1) is 31.2. The van der Waals surface area contributed by atoms with Crippen LogP contribution in [0.1, 0.15) is 61.1 Å². The normalized spacial score (nSPS) is 18.4. The monoisotopic (exact) mass is 574 g/mol. The number of nitrogens with one attached hydrogen (secondary N) is 2. The van der Waals surface area contributed by atoms with Gasteiger partial charge in [-0.25, -0.2) is 4.79 Å². The van der Waals surface area contributed by atoms with Crippen LogP contribution >= 0.6 is 0 Å². The van der Waals surface area contributed by atoms with Crippen LogP contribution in [0, 0.1) is 5.92 Å². The molecule has 0 radical (unpaired) electrons. The second-order valence-corrected chi connectivity index (χ2v) is 12.1. The highest BCUT2D eigenvalue weighted by Crippen LogP contribution is 2.32. The zero-order chi connectivity index (χ0) is 30.3. The fourth-order valence-electron chi connectivity index (χ4n) is 5.43. The first-order valence-electron chi connectivity index (χ1n) is 14.5. The van der Waals surface area contributed by atoms with E-state index in [1.54, 1.807) is 32.9 Å². The van der Waals surface area contributed by atoms with Crippen LogP contribution in [-0.4, -0.2) is 51.2 Å². The summed E-state index contributed by atoms with van der Waals surface area (Å²) in [6.07, 6.45) is -1.29. The summed E-state index contributed by atoms with van der Waals surface area (Å²) in [6.45, 7) is 5.23. The average molecular weight is 575 g/mol. The molecule has 1 aliphatic carbocycles. The third-order valence-corrected chi connectivity index (χ3v) is 7.55. The molecule has 42 heavy (non-hydrogen) atoms. The molecule has 0 aliphatic heterocycles. The van der Waals surface area contributed by atoms with Crippen LogP contribution in [0.15, 0.2) is 78.9 Å². The molecule has 3 aromatic rings. The highest BCUT2D eigenvalue weighted by molar-refractivity contribution is 5.80. The number of ether oxygens (including phenoxy) is 1. The molecule has 1 aliphatic rings. The van der Waals surface area contributed by atoms with Gasteiger partial charge < -0.3 is 30.7 Å². The molecule has 8 nitrogen and oxygen atoms in total. The van der Waals surface area contributed by atoms with E-state index in [-0.39, 0.29) is 18.9 Å². The highest BCUT2D eigenvalue weighted by atomic mass is 16.6. The Kier molecular flexibility index (Phi) is 10.4. The molecule has 0 unspecified atom stereocenters. The minimum Gasteiger partial charge on any atom is -0.444 e. The zero-order valence-electron chi connectivity index (χ0n) is 24.5. The number of carbonyl (C=O) groups is 2. The Bertz CT molecular complexity index is 1320. The SMILES string of the molecule is CC(C)(C)OC(=O)N[C@@H](Cc1ccccc1)[C@@H](O)C[C@H](Cc1ccc(CO)cc1)C(=O)N[C@H]1c2ccccc2C[C@H]1O. The van der Waals surface area contributed by atoms with E-state index in [1.165, 1.54) is 0 Å². The van der Waals surface area contributed by atoms with Gasteiger partial charge in [-0.3, -0.25) is 4.79 Å². The second-order valence-electron chi connectivity index (χ2n) is 12.1. The minimum absolute atomic E-state index is 0.0609. The van der Waals surface area contributed by atoms with Gasteiger partial charge in [0.15, 0.2) is 0 Å². The number of hydrogen-bond donors (Lipinski definition) is 5. The van der Waals surface area contributed by atoms with Crippen molar-refractivity contribution in [1.82, 2.24) is 10.6 Å². The molecular formula is C34H42N2O6. The van der Waals surface area contributed by atoms with Gasteiger partial charge in [0.1, 0.15) is 5.60 Å². The van der Waals surface area contributed by atoms with E-state index in [2.05, 4.69) is 10.6 Å². The van der Waals surface area contributed by atoms with E-state index < -0.39 is 41.9 Å². The van der Waals surface area contributed by atoms with Gasteiger partial charge >= 0.3 is 6.09 Å². The topological polar surface area (TPSA) is 128 Å². The molecule has 0 saturated heterocycles. The van der Waals surface area contributed by atoms with Gasteiger partial charge in [-0.05, 0) is 67.9 Å². The number of alkyl carbamates (subject to hydrolysis) is 1. The van der Waals surface area contributed by atoms with Gasteiger partial charge in [0.25, 0.3) is 0 Å². The molecular weight excluding hydrogens is 532 g/mol. The Morgan fingerprint density at radius 2 is 1.52 bits per heavy atom. The lowest BCUT2D eigenvalue weighted by molar-refractivity contribution is -0.127. The second kappa shape index (κ2) is 14.0. The molecule has 0 aromatic heterocycles. The number of aliphatic hydroxyl groups excluding tert-OH is 3. The molecule has 0 fully saturated rings. The number of benzene rings is 3. The van der Waals surface area contributed by atoms with E-state index in [9.17, 15) is 24.9 Å². The summed E-state index contributed by atoms with van der Waals surface area (Å²) in [5.41, 5.74) is 3.72. The molecule has 5 N–H and O–H groups in total. The first-order chi connectivity index (χ1) is 20.0. The van der Waals surface area contributed by atoms with Crippen molar-refractivity contribution < 1.29 is 29.6 Å².